The van der Waals surface area contributed by atoms with Crippen LogP contribution in [0, 0.1) is 5.92 Å². The van der Waals surface area contributed by atoms with Gasteiger partial charge in [-0.05, 0) is 58.6 Å². The van der Waals surface area contributed by atoms with Crippen molar-refractivity contribution in [3.8, 4) is 0 Å². The van der Waals surface area contributed by atoms with E-state index in [-0.39, 0.29) is 12.5 Å². The first-order valence-corrected chi connectivity index (χ1v) is 9.84. The summed E-state index contributed by atoms with van der Waals surface area (Å²) in [6, 6.07) is 3.71. The third-order valence-electron chi connectivity index (χ3n) is 5.28. The zero-order chi connectivity index (χ0) is 19.8. The Morgan fingerprint density at radius 2 is 2.11 bits per heavy atom. The minimum atomic E-state index is -0.591. The Hall–Kier alpha value is -1.82. The molecular formula is C20H27ClN2O4. The molecule has 0 saturated carbocycles. The van der Waals surface area contributed by atoms with Crippen LogP contribution in [-0.2, 0) is 26.1 Å². The lowest BCUT2D eigenvalue weighted by atomic mass is 9.65. The van der Waals surface area contributed by atoms with Crippen molar-refractivity contribution in [3.63, 3.8) is 0 Å². The van der Waals surface area contributed by atoms with E-state index in [1.165, 1.54) is 0 Å². The standard InChI is InChI=1S/C20H27ClN2O4/c1-5-26-17(24)14-11-23(18(25)27-19(2,3)4)12-20(14)10-6-7-15-13(20)8-9-16(21)22-15/h8-9,14H,5-7,10-12H2,1-4H3/t14?,20-/m0/s1. The molecule has 2 aliphatic rings. The van der Waals surface area contributed by atoms with Crippen molar-refractivity contribution >= 4 is 23.7 Å². The van der Waals surface area contributed by atoms with Crippen LogP contribution in [0.3, 0.4) is 0 Å². The van der Waals surface area contributed by atoms with Gasteiger partial charge in [-0.2, -0.15) is 0 Å². The lowest BCUT2D eigenvalue weighted by Gasteiger charge is -2.38. The Bertz CT molecular complexity index is 746. The molecule has 0 N–H and O–H groups in total. The summed E-state index contributed by atoms with van der Waals surface area (Å²) in [5.74, 6) is -0.710. The molecule has 1 unspecified atom stereocenters. The van der Waals surface area contributed by atoms with Gasteiger partial charge in [0.2, 0.25) is 0 Å². The highest BCUT2D eigenvalue weighted by molar-refractivity contribution is 6.29. The van der Waals surface area contributed by atoms with Crippen molar-refractivity contribution in [1.82, 2.24) is 9.88 Å². The van der Waals surface area contributed by atoms with Gasteiger partial charge in [0.1, 0.15) is 10.8 Å². The molecule has 1 aromatic heterocycles. The summed E-state index contributed by atoms with van der Waals surface area (Å²) in [5, 5.41) is 0.445. The summed E-state index contributed by atoms with van der Waals surface area (Å²) < 4.78 is 10.9. The first kappa shape index (κ1) is 19.9. The van der Waals surface area contributed by atoms with Crippen molar-refractivity contribution in [2.45, 2.75) is 58.0 Å². The van der Waals surface area contributed by atoms with Crippen molar-refractivity contribution in [2.75, 3.05) is 19.7 Å². The van der Waals surface area contributed by atoms with Gasteiger partial charge >= 0.3 is 12.1 Å². The zero-order valence-electron chi connectivity index (χ0n) is 16.4. The van der Waals surface area contributed by atoms with E-state index in [1.54, 1.807) is 17.9 Å². The second-order valence-electron chi connectivity index (χ2n) is 8.30. The summed E-state index contributed by atoms with van der Waals surface area (Å²) in [5.41, 5.74) is 0.816. The molecule has 6 nitrogen and oxygen atoms in total. The molecule has 0 radical (unpaired) electrons. The summed E-state index contributed by atoms with van der Waals surface area (Å²) in [6.07, 6.45) is 2.10. The number of esters is 1. The number of likely N-dealkylation sites (tertiary alicyclic amines) is 1. The number of nitrogens with zero attached hydrogens (tertiary/aromatic N) is 2. The summed E-state index contributed by atoms with van der Waals surface area (Å²) >= 11 is 6.08. The number of amides is 1. The van der Waals surface area contributed by atoms with Gasteiger partial charge in [0.05, 0.1) is 12.5 Å². The van der Waals surface area contributed by atoms with E-state index in [1.807, 2.05) is 26.8 Å². The van der Waals surface area contributed by atoms with Gasteiger partial charge in [0.25, 0.3) is 0 Å². The number of aryl methyl sites for hydroxylation is 1. The molecule has 148 valence electrons. The summed E-state index contributed by atoms with van der Waals surface area (Å²) in [7, 11) is 0. The molecule has 1 aliphatic carbocycles. The van der Waals surface area contributed by atoms with Gasteiger partial charge in [-0.3, -0.25) is 4.79 Å². The molecule has 1 amide bonds. The van der Waals surface area contributed by atoms with Crippen LogP contribution in [-0.4, -0.2) is 47.2 Å². The lowest BCUT2D eigenvalue weighted by molar-refractivity contribution is -0.149. The van der Waals surface area contributed by atoms with Crippen LogP contribution < -0.4 is 0 Å². The Balaban J connectivity index is 1.99. The molecule has 27 heavy (non-hydrogen) atoms. The maximum Gasteiger partial charge on any atom is 0.410 e. The monoisotopic (exact) mass is 394 g/mol. The summed E-state index contributed by atoms with van der Waals surface area (Å²) in [4.78, 5) is 31.6. The number of aromatic nitrogens is 1. The Morgan fingerprint density at radius 1 is 1.37 bits per heavy atom. The molecule has 0 aromatic carbocycles. The Labute approximate surface area is 165 Å². The average molecular weight is 395 g/mol. The van der Waals surface area contributed by atoms with E-state index >= 15 is 0 Å². The molecule has 0 bridgehead atoms. The molecule has 1 fully saturated rings. The van der Waals surface area contributed by atoms with E-state index in [0.717, 1.165) is 30.5 Å². The van der Waals surface area contributed by atoms with Gasteiger partial charge in [-0.15, -0.1) is 0 Å². The second-order valence-corrected chi connectivity index (χ2v) is 8.69. The highest BCUT2D eigenvalue weighted by Gasteiger charge is 2.55. The molecular weight excluding hydrogens is 368 g/mol. The van der Waals surface area contributed by atoms with Gasteiger partial charge < -0.3 is 14.4 Å². The number of halogens is 1. The molecule has 1 aromatic rings. The first-order valence-electron chi connectivity index (χ1n) is 9.47. The van der Waals surface area contributed by atoms with Crippen molar-refractivity contribution in [1.29, 1.82) is 0 Å². The van der Waals surface area contributed by atoms with Gasteiger partial charge in [-0.1, -0.05) is 17.7 Å². The molecule has 1 aliphatic heterocycles. The highest BCUT2D eigenvalue weighted by Crippen LogP contribution is 2.48. The lowest BCUT2D eigenvalue weighted by Crippen LogP contribution is -2.43. The van der Waals surface area contributed by atoms with Crippen LogP contribution in [0.5, 0.6) is 0 Å². The predicted molar refractivity (Wildman–Crippen MR) is 102 cm³/mol. The van der Waals surface area contributed by atoms with Crippen LogP contribution in [0.15, 0.2) is 12.1 Å². The van der Waals surface area contributed by atoms with E-state index in [0.29, 0.717) is 18.3 Å². The molecule has 3 rings (SSSR count). The van der Waals surface area contributed by atoms with E-state index in [9.17, 15) is 9.59 Å². The van der Waals surface area contributed by atoms with Crippen molar-refractivity contribution in [3.05, 3.63) is 28.5 Å². The van der Waals surface area contributed by atoms with E-state index in [2.05, 4.69) is 4.98 Å². The highest BCUT2D eigenvalue weighted by atomic mass is 35.5. The smallest absolute Gasteiger partial charge is 0.410 e. The second kappa shape index (κ2) is 7.30. The number of carbonyl (C=O) groups excluding carboxylic acids is 2. The minimum Gasteiger partial charge on any atom is -0.466 e. The fraction of sp³-hybridized carbons (Fsp3) is 0.650. The van der Waals surface area contributed by atoms with Gasteiger partial charge in [0, 0.05) is 24.2 Å². The van der Waals surface area contributed by atoms with E-state index < -0.39 is 23.0 Å². The number of ether oxygens (including phenoxy) is 2. The van der Waals surface area contributed by atoms with Crippen molar-refractivity contribution < 1.29 is 19.1 Å². The number of hydrogen-bond donors (Lipinski definition) is 0. The normalized spacial score (nSPS) is 24.6. The maximum absolute atomic E-state index is 12.8. The number of pyridine rings is 1. The SMILES string of the molecule is CCOC(=O)C1CN(C(=O)OC(C)(C)C)C[C@]12CCCc1nc(Cl)ccc12. The molecule has 7 heteroatoms. The van der Waals surface area contributed by atoms with Gasteiger partial charge in [0.15, 0.2) is 0 Å². The number of carbonyl (C=O) groups is 2. The average Bonchev–Trinajstić information content (AvgIpc) is 2.94. The number of fused-ring (bicyclic) bond motifs is 2. The third kappa shape index (κ3) is 3.91. The van der Waals surface area contributed by atoms with Crippen LogP contribution in [0.25, 0.3) is 0 Å². The largest absolute Gasteiger partial charge is 0.466 e. The number of hydrogen-bond acceptors (Lipinski definition) is 5. The van der Waals surface area contributed by atoms with E-state index in [4.69, 9.17) is 21.1 Å². The summed E-state index contributed by atoms with van der Waals surface area (Å²) in [6.45, 7) is 8.31. The molecule has 2 heterocycles. The quantitative estimate of drug-likeness (QED) is 0.564. The van der Waals surface area contributed by atoms with Crippen LogP contribution in [0.4, 0.5) is 4.79 Å². The maximum atomic E-state index is 12.8. The third-order valence-corrected chi connectivity index (χ3v) is 5.49. The first-order chi connectivity index (χ1) is 12.7. The van der Waals surface area contributed by atoms with Crippen molar-refractivity contribution in [2.24, 2.45) is 5.92 Å². The van der Waals surface area contributed by atoms with Crippen LogP contribution in [0.2, 0.25) is 5.15 Å². The Morgan fingerprint density at radius 3 is 2.78 bits per heavy atom. The number of rotatable bonds is 2. The molecule has 1 spiro atoms. The minimum absolute atomic E-state index is 0.272. The molecule has 2 atom stereocenters. The topological polar surface area (TPSA) is 68.7 Å². The van der Waals surface area contributed by atoms with Crippen LogP contribution >= 0.6 is 11.6 Å². The Kier molecular flexibility index (Phi) is 5.39. The predicted octanol–water partition coefficient (Wildman–Crippen LogP) is 3.74. The fourth-order valence-corrected chi connectivity index (χ4v) is 4.43. The van der Waals surface area contributed by atoms with Gasteiger partial charge in [-0.25, -0.2) is 9.78 Å². The van der Waals surface area contributed by atoms with Crippen LogP contribution in [0.1, 0.15) is 51.8 Å². The fourth-order valence-electron chi connectivity index (χ4n) is 4.27. The molecule has 1 saturated heterocycles. The zero-order valence-corrected chi connectivity index (χ0v) is 17.1.